The molecule has 0 saturated carbocycles. The summed E-state index contributed by atoms with van der Waals surface area (Å²) in [5.74, 6) is -0.867. The topological polar surface area (TPSA) is 37.3 Å². The van der Waals surface area contributed by atoms with Gasteiger partial charge in [0.05, 0.1) is 0 Å². The third-order valence-electron chi connectivity index (χ3n) is 2.28. The lowest BCUT2D eigenvalue weighted by atomic mass is 10.1. The Labute approximate surface area is 94.3 Å². The molecule has 0 bridgehead atoms. The van der Waals surface area contributed by atoms with Crippen molar-refractivity contribution in [2.45, 2.75) is 32.1 Å². The molecule has 0 aromatic carbocycles. The second-order valence-electron chi connectivity index (χ2n) is 3.55. The predicted molar refractivity (Wildman–Crippen MR) is 63.3 cm³/mol. The van der Waals surface area contributed by atoms with Crippen LogP contribution in [0.5, 0.6) is 0 Å². The lowest BCUT2D eigenvalue weighted by Gasteiger charge is -2.00. The summed E-state index contributed by atoms with van der Waals surface area (Å²) in [5, 5.41) is 10.7. The molecule has 1 N–H and O–H groups in total. The summed E-state index contributed by atoms with van der Waals surface area (Å²) < 4.78 is 0. The van der Waals surface area contributed by atoms with Crippen LogP contribution in [0.2, 0.25) is 0 Å². The van der Waals surface area contributed by atoms with Gasteiger partial charge in [-0.2, -0.15) is 0 Å². The lowest BCUT2D eigenvalue weighted by Crippen LogP contribution is -1.98. The van der Waals surface area contributed by atoms with E-state index in [1.165, 1.54) is 4.88 Å². The average molecular weight is 224 g/mol. The molecule has 0 fully saturated rings. The van der Waals surface area contributed by atoms with Gasteiger partial charge in [-0.15, -0.1) is 11.3 Å². The third kappa shape index (κ3) is 4.79. The summed E-state index contributed by atoms with van der Waals surface area (Å²) in [6, 6.07) is 4.20. The zero-order valence-electron chi connectivity index (χ0n) is 8.74. The summed E-state index contributed by atoms with van der Waals surface area (Å²) in [6.07, 6.45) is 4.85. The second kappa shape index (κ2) is 6.40. The minimum atomic E-state index is -0.867. The first-order valence-corrected chi connectivity index (χ1v) is 6.01. The number of aryl methyl sites for hydroxylation is 1. The third-order valence-corrected chi connectivity index (χ3v) is 3.22. The maximum Gasteiger partial charge on any atom is 0.330 e. The van der Waals surface area contributed by atoms with Crippen LogP contribution in [-0.2, 0) is 11.2 Å². The Hall–Kier alpha value is -1.09. The van der Waals surface area contributed by atoms with Crippen molar-refractivity contribution in [3.63, 3.8) is 0 Å². The number of thiophene rings is 1. The van der Waals surface area contributed by atoms with Crippen LogP contribution >= 0.6 is 11.3 Å². The molecule has 0 radical (unpaired) electrons. The summed E-state index contributed by atoms with van der Waals surface area (Å²) in [4.78, 5) is 11.9. The Morgan fingerprint density at radius 3 is 2.80 bits per heavy atom. The molecule has 2 nitrogen and oxygen atoms in total. The maximum atomic E-state index is 10.5. The molecule has 0 aliphatic heterocycles. The molecule has 0 unspecified atom stereocenters. The Balaban J connectivity index is 2.03. The van der Waals surface area contributed by atoms with Crippen LogP contribution in [0.1, 0.15) is 30.6 Å². The lowest BCUT2D eigenvalue weighted by molar-refractivity contribution is -0.132. The number of aliphatic carboxylic acids is 1. The minimum absolute atomic E-state index is 0.325. The van der Waals surface area contributed by atoms with E-state index < -0.39 is 5.97 Å². The van der Waals surface area contributed by atoms with Crippen LogP contribution in [0.4, 0.5) is 0 Å². The van der Waals surface area contributed by atoms with E-state index in [-0.39, 0.29) is 0 Å². The van der Waals surface area contributed by atoms with Crippen LogP contribution in [0.3, 0.4) is 0 Å². The summed E-state index contributed by atoms with van der Waals surface area (Å²) in [6.45, 7) is 3.50. The van der Waals surface area contributed by atoms with E-state index in [1.54, 1.807) is 11.3 Å². The van der Waals surface area contributed by atoms with E-state index in [9.17, 15) is 4.79 Å². The minimum Gasteiger partial charge on any atom is -0.478 e. The fraction of sp³-hybridized carbons (Fsp3) is 0.417. The standard InChI is InChI=1S/C12H16O2S/c1-10(12(13)14)6-3-2-4-7-11-8-5-9-15-11/h5,8-9H,1-4,6-7H2,(H,13,14). The molecule has 15 heavy (non-hydrogen) atoms. The van der Waals surface area contributed by atoms with E-state index in [4.69, 9.17) is 5.11 Å². The highest BCUT2D eigenvalue weighted by molar-refractivity contribution is 7.09. The van der Waals surface area contributed by atoms with Gasteiger partial charge in [-0.1, -0.05) is 19.1 Å². The number of unbranched alkanes of at least 4 members (excludes halogenated alkanes) is 2. The van der Waals surface area contributed by atoms with Gasteiger partial charge in [0, 0.05) is 10.5 Å². The molecule has 1 rings (SSSR count). The molecule has 0 amide bonds. The fourth-order valence-corrected chi connectivity index (χ4v) is 2.13. The number of carbonyl (C=O) groups is 1. The smallest absolute Gasteiger partial charge is 0.330 e. The molecular weight excluding hydrogens is 208 g/mol. The van der Waals surface area contributed by atoms with Crippen molar-refractivity contribution >= 4 is 17.3 Å². The average Bonchev–Trinajstić information content (AvgIpc) is 2.69. The first kappa shape index (κ1) is 12.0. The quantitative estimate of drug-likeness (QED) is 0.568. The van der Waals surface area contributed by atoms with Crippen molar-refractivity contribution in [2.75, 3.05) is 0 Å². The second-order valence-corrected chi connectivity index (χ2v) is 4.58. The number of carboxylic acid groups (broad SMARTS) is 1. The highest BCUT2D eigenvalue weighted by Crippen LogP contribution is 2.14. The normalized spacial score (nSPS) is 10.1. The van der Waals surface area contributed by atoms with Crippen LogP contribution in [-0.4, -0.2) is 11.1 Å². The number of hydrogen-bond acceptors (Lipinski definition) is 2. The number of hydrogen-bond donors (Lipinski definition) is 1. The summed E-state index contributed by atoms with van der Waals surface area (Å²) >= 11 is 1.78. The molecule has 82 valence electrons. The van der Waals surface area contributed by atoms with E-state index in [2.05, 4.69) is 24.1 Å². The maximum absolute atomic E-state index is 10.5. The Morgan fingerprint density at radius 1 is 1.40 bits per heavy atom. The molecule has 1 heterocycles. The van der Waals surface area contributed by atoms with Gasteiger partial charge in [-0.3, -0.25) is 0 Å². The molecule has 0 spiro atoms. The van der Waals surface area contributed by atoms with Crippen molar-refractivity contribution in [1.82, 2.24) is 0 Å². The van der Waals surface area contributed by atoms with Crippen molar-refractivity contribution in [3.05, 3.63) is 34.5 Å². The molecule has 0 aliphatic carbocycles. The van der Waals surface area contributed by atoms with E-state index in [1.807, 2.05) is 0 Å². The predicted octanol–water partition coefficient (Wildman–Crippen LogP) is 3.49. The van der Waals surface area contributed by atoms with Gasteiger partial charge in [0.2, 0.25) is 0 Å². The zero-order valence-corrected chi connectivity index (χ0v) is 9.55. The van der Waals surface area contributed by atoms with E-state index >= 15 is 0 Å². The molecule has 0 saturated heterocycles. The van der Waals surface area contributed by atoms with Gasteiger partial charge in [0.25, 0.3) is 0 Å². The molecule has 3 heteroatoms. The first-order chi connectivity index (χ1) is 7.20. The van der Waals surface area contributed by atoms with Crippen LogP contribution in [0, 0.1) is 0 Å². The van der Waals surface area contributed by atoms with Gasteiger partial charge in [0.15, 0.2) is 0 Å². The van der Waals surface area contributed by atoms with Gasteiger partial charge in [-0.05, 0) is 37.1 Å². The van der Waals surface area contributed by atoms with Gasteiger partial charge in [0.1, 0.15) is 0 Å². The summed E-state index contributed by atoms with van der Waals surface area (Å²) in [7, 11) is 0. The number of carboxylic acids is 1. The SMILES string of the molecule is C=C(CCCCCc1cccs1)C(=O)O. The van der Waals surface area contributed by atoms with Crippen LogP contribution in [0.25, 0.3) is 0 Å². The monoisotopic (exact) mass is 224 g/mol. The zero-order chi connectivity index (χ0) is 11.1. The Morgan fingerprint density at radius 2 is 2.20 bits per heavy atom. The van der Waals surface area contributed by atoms with Crippen LogP contribution < -0.4 is 0 Å². The van der Waals surface area contributed by atoms with Crippen molar-refractivity contribution < 1.29 is 9.90 Å². The van der Waals surface area contributed by atoms with E-state index in [0.29, 0.717) is 12.0 Å². The molecule has 0 atom stereocenters. The van der Waals surface area contributed by atoms with Gasteiger partial charge in [-0.25, -0.2) is 4.79 Å². The largest absolute Gasteiger partial charge is 0.478 e. The van der Waals surface area contributed by atoms with Crippen molar-refractivity contribution in [2.24, 2.45) is 0 Å². The van der Waals surface area contributed by atoms with E-state index in [0.717, 1.165) is 25.7 Å². The van der Waals surface area contributed by atoms with Gasteiger partial charge < -0.3 is 5.11 Å². The van der Waals surface area contributed by atoms with Crippen LogP contribution in [0.15, 0.2) is 29.7 Å². The molecular formula is C12H16O2S. The highest BCUT2D eigenvalue weighted by atomic mass is 32.1. The molecule has 1 aromatic heterocycles. The molecule has 1 aromatic rings. The highest BCUT2D eigenvalue weighted by Gasteiger charge is 2.02. The summed E-state index contributed by atoms with van der Waals surface area (Å²) in [5.41, 5.74) is 0.325. The fourth-order valence-electron chi connectivity index (χ4n) is 1.38. The van der Waals surface area contributed by atoms with Gasteiger partial charge >= 0.3 is 5.97 Å². The van der Waals surface area contributed by atoms with Crippen molar-refractivity contribution in [1.29, 1.82) is 0 Å². The Kier molecular flexibility index (Phi) is 5.12. The first-order valence-electron chi connectivity index (χ1n) is 5.13. The van der Waals surface area contributed by atoms with Crippen molar-refractivity contribution in [3.8, 4) is 0 Å². The Bertz CT molecular complexity index is 314. The number of rotatable bonds is 7. The molecule has 0 aliphatic rings.